The van der Waals surface area contributed by atoms with Crippen LogP contribution in [0.25, 0.3) is 0 Å². The Morgan fingerprint density at radius 1 is 1.17 bits per heavy atom. The molecule has 6 nitrogen and oxygen atoms in total. The average Bonchev–Trinajstić information content (AvgIpc) is 2.58. The van der Waals surface area contributed by atoms with E-state index in [1.54, 1.807) is 13.2 Å². The number of nitrogens with one attached hydrogen (secondary N) is 2. The first-order valence-electron chi connectivity index (χ1n) is 7.31. The van der Waals surface area contributed by atoms with Crippen molar-refractivity contribution in [2.45, 2.75) is 6.92 Å². The topological polar surface area (TPSA) is 80.3 Å². The van der Waals surface area contributed by atoms with Gasteiger partial charge < -0.3 is 15.4 Å². The summed E-state index contributed by atoms with van der Waals surface area (Å²) < 4.78 is 5.85. The molecule has 0 atom stereocenters. The number of amides is 2. The molecule has 24 heavy (non-hydrogen) atoms. The molecule has 126 valence electrons. The molecule has 1 heterocycles. The SMILES string of the molecule is COCCNC(=O)c1cncc(C(=O)Nc2ccc(Br)c(C)c2)c1. The fraction of sp³-hybridized carbons (Fsp3) is 0.235. The summed E-state index contributed by atoms with van der Waals surface area (Å²) in [6, 6.07) is 7.03. The lowest BCUT2D eigenvalue weighted by molar-refractivity contribution is 0.0936. The number of nitrogens with zero attached hydrogens (tertiary/aromatic N) is 1. The van der Waals surface area contributed by atoms with E-state index >= 15 is 0 Å². The lowest BCUT2D eigenvalue weighted by Gasteiger charge is -2.08. The first kappa shape index (κ1) is 18.1. The Balaban J connectivity index is 2.08. The number of methoxy groups -OCH3 is 1. The van der Waals surface area contributed by atoms with Crippen molar-refractivity contribution in [2.75, 3.05) is 25.6 Å². The number of anilines is 1. The summed E-state index contributed by atoms with van der Waals surface area (Å²) >= 11 is 3.42. The summed E-state index contributed by atoms with van der Waals surface area (Å²) in [4.78, 5) is 28.3. The fourth-order valence-corrected chi connectivity index (χ4v) is 2.23. The fourth-order valence-electron chi connectivity index (χ4n) is 1.98. The van der Waals surface area contributed by atoms with Crippen LogP contribution in [0.3, 0.4) is 0 Å². The van der Waals surface area contributed by atoms with Crippen LogP contribution in [0.15, 0.2) is 41.1 Å². The molecule has 1 aromatic carbocycles. The van der Waals surface area contributed by atoms with E-state index in [9.17, 15) is 9.59 Å². The maximum absolute atomic E-state index is 12.3. The lowest BCUT2D eigenvalue weighted by atomic mass is 10.1. The van der Waals surface area contributed by atoms with Gasteiger partial charge >= 0.3 is 0 Å². The number of aromatic nitrogens is 1. The maximum atomic E-state index is 12.3. The Kier molecular flexibility index (Phi) is 6.45. The number of halogens is 1. The van der Waals surface area contributed by atoms with Gasteiger partial charge in [-0.2, -0.15) is 0 Å². The largest absolute Gasteiger partial charge is 0.383 e. The second-order valence-electron chi connectivity index (χ2n) is 5.13. The van der Waals surface area contributed by atoms with Crippen molar-refractivity contribution >= 4 is 33.4 Å². The van der Waals surface area contributed by atoms with Crippen LogP contribution >= 0.6 is 15.9 Å². The van der Waals surface area contributed by atoms with E-state index in [-0.39, 0.29) is 11.8 Å². The van der Waals surface area contributed by atoms with Gasteiger partial charge in [-0.05, 0) is 36.8 Å². The van der Waals surface area contributed by atoms with E-state index in [1.807, 2.05) is 19.1 Å². The highest BCUT2D eigenvalue weighted by Gasteiger charge is 2.12. The van der Waals surface area contributed by atoms with Gasteiger partial charge in [-0.3, -0.25) is 14.6 Å². The number of rotatable bonds is 6. The van der Waals surface area contributed by atoms with E-state index in [1.165, 1.54) is 18.5 Å². The predicted octanol–water partition coefficient (Wildman–Crippen LogP) is 2.78. The van der Waals surface area contributed by atoms with Crippen molar-refractivity contribution in [2.24, 2.45) is 0 Å². The number of ether oxygens (including phenoxy) is 1. The van der Waals surface area contributed by atoms with Crippen LogP contribution in [-0.2, 0) is 4.74 Å². The average molecular weight is 392 g/mol. The summed E-state index contributed by atoms with van der Waals surface area (Å²) in [5, 5.41) is 5.48. The van der Waals surface area contributed by atoms with Crippen LogP contribution in [-0.4, -0.2) is 37.1 Å². The van der Waals surface area contributed by atoms with Crippen LogP contribution in [0.5, 0.6) is 0 Å². The molecule has 0 saturated carbocycles. The molecule has 0 spiro atoms. The van der Waals surface area contributed by atoms with Gasteiger partial charge in [0.05, 0.1) is 17.7 Å². The Labute approximate surface area is 148 Å². The molecule has 0 saturated heterocycles. The Hall–Kier alpha value is -2.25. The second-order valence-corrected chi connectivity index (χ2v) is 5.98. The molecule has 2 aromatic rings. The zero-order valence-electron chi connectivity index (χ0n) is 13.4. The molecule has 0 aliphatic rings. The van der Waals surface area contributed by atoms with Crippen molar-refractivity contribution in [3.63, 3.8) is 0 Å². The molecule has 0 bridgehead atoms. The van der Waals surface area contributed by atoms with E-state index in [4.69, 9.17) is 4.74 Å². The van der Waals surface area contributed by atoms with Gasteiger partial charge in [0.1, 0.15) is 0 Å². The molecule has 0 aliphatic heterocycles. The molecule has 0 unspecified atom stereocenters. The van der Waals surface area contributed by atoms with Crippen LogP contribution in [0.1, 0.15) is 26.3 Å². The molecule has 0 aliphatic carbocycles. The zero-order chi connectivity index (χ0) is 17.5. The van der Waals surface area contributed by atoms with Crippen molar-refractivity contribution in [1.82, 2.24) is 10.3 Å². The van der Waals surface area contributed by atoms with E-state index in [0.29, 0.717) is 30.0 Å². The van der Waals surface area contributed by atoms with Crippen LogP contribution < -0.4 is 10.6 Å². The van der Waals surface area contributed by atoms with Gasteiger partial charge in [0, 0.05) is 36.2 Å². The van der Waals surface area contributed by atoms with Gasteiger partial charge in [-0.15, -0.1) is 0 Å². The van der Waals surface area contributed by atoms with E-state index in [2.05, 4.69) is 31.5 Å². The molecule has 7 heteroatoms. The van der Waals surface area contributed by atoms with Crippen molar-refractivity contribution in [1.29, 1.82) is 0 Å². The van der Waals surface area contributed by atoms with Gasteiger partial charge in [-0.25, -0.2) is 0 Å². The first-order valence-corrected chi connectivity index (χ1v) is 8.10. The number of hydrogen-bond acceptors (Lipinski definition) is 4. The zero-order valence-corrected chi connectivity index (χ0v) is 15.0. The third-order valence-corrected chi connectivity index (χ3v) is 4.16. The summed E-state index contributed by atoms with van der Waals surface area (Å²) in [6.45, 7) is 2.75. The number of pyridine rings is 1. The minimum Gasteiger partial charge on any atom is -0.383 e. The summed E-state index contributed by atoms with van der Waals surface area (Å²) in [5.41, 5.74) is 2.33. The van der Waals surface area contributed by atoms with Gasteiger partial charge in [-0.1, -0.05) is 15.9 Å². The van der Waals surface area contributed by atoms with Crippen molar-refractivity contribution in [3.05, 3.63) is 57.8 Å². The standard InChI is InChI=1S/C17H18BrN3O3/c1-11-7-14(3-4-15(11)18)21-17(23)13-8-12(9-19-10-13)16(22)20-5-6-24-2/h3-4,7-10H,5-6H2,1-2H3,(H,20,22)(H,21,23). The van der Waals surface area contributed by atoms with Gasteiger partial charge in [0.15, 0.2) is 0 Å². The lowest BCUT2D eigenvalue weighted by Crippen LogP contribution is -2.27. The van der Waals surface area contributed by atoms with Crippen molar-refractivity contribution < 1.29 is 14.3 Å². The van der Waals surface area contributed by atoms with Crippen LogP contribution in [0, 0.1) is 6.92 Å². The van der Waals surface area contributed by atoms with Crippen LogP contribution in [0.4, 0.5) is 5.69 Å². The number of aryl methyl sites for hydroxylation is 1. The second kappa shape index (κ2) is 8.56. The molecule has 2 N–H and O–H groups in total. The Bertz CT molecular complexity index is 750. The van der Waals surface area contributed by atoms with E-state index in [0.717, 1.165) is 10.0 Å². The van der Waals surface area contributed by atoms with E-state index < -0.39 is 0 Å². The number of hydrogen-bond donors (Lipinski definition) is 2. The third kappa shape index (κ3) is 4.87. The highest BCUT2D eigenvalue weighted by Crippen LogP contribution is 2.20. The maximum Gasteiger partial charge on any atom is 0.257 e. The van der Waals surface area contributed by atoms with Gasteiger partial charge in [0.2, 0.25) is 0 Å². The first-order chi connectivity index (χ1) is 11.5. The monoisotopic (exact) mass is 391 g/mol. The molecule has 2 amide bonds. The molecule has 0 fully saturated rings. The number of carbonyl (C=O) groups is 2. The molecular formula is C17H18BrN3O3. The normalized spacial score (nSPS) is 10.3. The number of benzene rings is 1. The minimum absolute atomic E-state index is 0.298. The summed E-state index contributed by atoms with van der Waals surface area (Å²) in [7, 11) is 1.56. The highest BCUT2D eigenvalue weighted by molar-refractivity contribution is 9.10. The Morgan fingerprint density at radius 2 is 1.88 bits per heavy atom. The highest BCUT2D eigenvalue weighted by atomic mass is 79.9. The Morgan fingerprint density at radius 3 is 2.54 bits per heavy atom. The smallest absolute Gasteiger partial charge is 0.257 e. The minimum atomic E-state index is -0.323. The molecule has 1 aromatic heterocycles. The summed E-state index contributed by atoms with van der Waals surface area (Å²) in [5.74, 6) is -0.621. The molecule has 2 rings (SSSR count). The number of carbonyl (C=O) groups excluding carboxylic acids is 2. The summed E-state index contributed by atoms with van der Waals surface area (Å²) in [6.07, 6.45) is 2.84. The third-order valence-electron chi connectivity index (χ3n) is 3.27. The van der Waals surface area contributed by atoms with Crippen molar-refractivity contribution in [3.8, 4) is 0 Å². The predicted molar refractivity (Wildman–Crippen MR) is 95.3 cm³/mol. The molecular weight excluding hydrogens is 374 g/mol. The van der Waals surface area contributed by atoms with Crippen LogP contribution in [0.2, 0.25) is 0 Å². The quantitative estimate of drug-likeness (QED) is 0.741. The van der Waals surface area contributed by atoms with Gasteiger partial charge in [0.25, 0.3) is 11.8 Å². The molecule has 0 radical (unpaired) electrons.